The molecule has 0 bridgehead atoms. The average Bonchev–Trinajstić information content (AvgIpc) is 3.35. The predicted octanol–water partition coefficient (Wildman–Crippen LogP) is 9.05. The molecule has 0 radical (unpaired) electrons. The summed E-state index contributed by atoms with van der Waals surface area (Å²) in [5.41, 5.74) is 0.990. The zero-order valence-electron chi connectivity index (χ0n) is 33.1. The molecule has 7 heteroatoms. The van der Waals surface area contributed by atoms with Crippen molar-refractivity contribution in [3.05, 3.63) is 11.1 Å². The number of hydrogen-bond acceptors (Lipinski definition) is 6. The van der Waals surface area contributed by atoms with E-state index in [2.05, 4.69) is 53.8 Å². The maximum Gasteiger partial charge on any atom is 0.309 e. The molecule has 4 fully saturated rings. The molecule has 284 valence electrons. The Kier molecular flexibility index (Phi) is 11.5. The molecule has 5 aliphatic carbocycles. The Morgan fingerprint density at radius 2 is 1.60 bits per heavy atom. The number of carboxylic acid groups (broad SMARTS) is 1. The van der Waals surface area contributed by atoms with Crippen molar-refractivity contribution < 1.29 is 29.3 Å². The highest BCUT2D eigenvalue weighted by atomic mass is 16.5. The van der Waals surface area contributed by atoms with E-state index in [1.807, 2.05) is 0 Å². The van der Waals surface area contributed by atoms with Gasteiger partial charge in [-0.25, -0.2) is 0 Å². The van der Waals surface area contributed by atoms with Crippen LogP contribution in [0.25, 0.3) is 0 Å². The van der Waals surface area contributed by atoms with E-state index in [0.717, 1.165) is 50.5 Å². The minimum atomic E-state index is -1.15. The first-order valence-corrected chi connectivity index (χ1v) is 20.4. The molecule has 50 heavy (non-hydrogen) atoms. The number of Topliss-reactive ketones (excluding diaryl/α,β-unsaturated/α-hetero) is 1. The number of allylic oxidation sites excluding steroid dienone is 1. The third-order valence-electron chi connectivity index (χ3n) is 15.5. The monoisotopic (exact) mass is 698 g/mol. The Labute approximate surface area is 303 Å². The summed E-state index contributed by atoms with van der Waals surface area (Å²) in [5, 5.41) is 25.4. The second-order valence-corrected chi connectivity index (χ2v) is 19.7. The van der Waals surface area contributed by atoms with Gasteiger partial charge in [-0.05, 0) is 124 Å². The van der Waals surface area contributed by atoms with E-state index in [4.69, 9.17) is 4.74 Å². The first-order chi connectivity index (χ1) is 23.3. The number of carboxylic acids is 1. The van der Waals surface area contributed by atoms with E-state index in [1.165, 1.54) is 50.5 Å². The number of nitrogens with one attached hydrogen (secondary N) is 1. The van der Waals surface area contributed by atoms with Gasteiger partial charge in [0.1, 0.15) is 6.10 Å². The van der Waals surface area contributed by atoms with Crippen LogP contribution in [-0.2, 0) is 19.1 Å². The molecule has 0 aliphatic heterocycles. The number of carbonyl (C=O) groups is 3. The summed E-state index contributed by atoms with van der Waals surface area (Å²) in [4.78, 5) is 38.6. The molecular formula is C43H71NO6. The van der Waals surface area contributed by atoms with Crippen LogP contribution in [0.15, 0.2) is 11.1 Å². The van der Waals surface area contributed by atoms with Gasteiger partial charge < -0.3 is 20.3 Å². The Morgan fingerprint density at radius 1 is 0.920 bits per heavy atom. The van der Waals surface area contributed by atoms with Gasteiger partial charge >= 0.3 is 11.9 Å². The first-order valence-electron chi connectivity index (χ1n) is 20.4. The summed E-state index contributed by atoms with van der Waals surface area (Å²) in [6.45, 7) is 19.9. The van der Waals surface area contributed by atoms with Crippen LogP contribution >= 0.6 is 0 Å². The molecule has 5 aliphatic rings. The molecule has 0 aromatic heterocycles. The van der Waals surface area contributed by atoms with E-state index >= 15 is 0 Å². The van der Waals surface area contributed by atoms with Gasteiger partial charge in [-0.15, -0.1) is 0 Å². The van der Waals surface area contributed by atoms with Gasteiger partial charge in [0.05, 0.1) is 17.9 Å². The summed E-state index contributed by atoms with van der Waals surface area (Å²) in [6.07, 6.45) is 15.1. The molecular weight excluding hydrogens is 626 g/mol. The van der Waals surface area contributed by atoms with Gasteiger partial charge in [0.2, 0.25) is 0 Å². The number of aliphatic hydroxyl groups excluding tert-OH is 1. The number of ketones is 1. The van der Waals surface area contributed by atoms with Gasteiger partial charge in [-0.3, -0.25) is 14.4 Å². The molecule has 8 atom stereocenters. The third-order valence-corrected chi connectivity index (χ3v) is 15.5. The van der Waals surface area contributed by atoms with Crippen LogP contribution in [0.4, 0.5) is 0 Å². The zero-order valence-corrected chi connectivity index (χ0v) is 33.1. The second-order valence-electron chi connectivity index (χ2n) is 19.7. The van der Waals surface area contributed by atoms with Gasteiger partial charge in [0.15, 0.2) is 5.78 Å². The van der Waals surface area contributed by atoms with Crippen LogP contribution in [0.1, 0.15) is 165 Å². The second kappa shape index (κ2) is 14.6. The molecule has 7 nitrogen and oxygen atoms in total. The lowest BCUT2D eigenvalue weighted by atomic mass is 9.36. The fourth-order valence-corrected chi connectivity index (χ4v) is 12.3. The van der Waals surface area contributed by atoms with Gasteiger partial charge in [-0.1, -0.05) is 79.7 Å². The van der Waals surface area contributed by atoms with Crippen molar-refractivity contribution in [1.82, 2.24) is 5.32 Å². The maximum atomic E-state index is 14.0. The van der Waals surface area contributed by atoms with Crippen molar-refractivity contribution in [3.8, 4) is 0 Å². The number of esters is 1. The fraction of sp³-hybridized carbons (Fsp3) is 0.884. The third kappa shape index (κ3) is 7.01. The summed E-state index contributed by atoms with van der Waals surface area (Å²) in [5.74, 6) is -0.0233. The lowest BCUT2D eigenvalue weighted by molar-refractivity contribution is -0.178. The Morgan fingerprint density at radius 3 is 2.22 bits per heavy atom. The maximum absolute atomic E-state index is 14.0. The standard InChI is InChI=1S/C43H71NO6/c1-27(2)32(50-35(47)25-39(5,6)38(48)49)18-21-40(7)19-13-20-42(9)33(40)17-16-30-37-36(28(3)4)31(45)24-43(37,23-22-41(30,42)8)34(46)26-44-29-14-11-10-12-15-29/h27-30,32-34,44,46H,10-26H2,1-9H3,(H,48,49). The van der Waals surface area contributed by atoms with Crippen LogP contribution in [-0.4, -0.2) is 52.7 Å². The number of fused-ring (bicyclic) bond motifs is 5. The number of aliphatic hydroxyl groups is 1. The first kappa shape index (κ1) is 39.5. The lowest BCUT2D eigenvalue weighted by Gasteiger charge is -2.68. The van der Waals surface area contributed by atoms with E-state index in [1.54, 1.807) is 13.8 Å². The average molecular weight is 698 g/mol. The van der Waals surface area contributed by atoms with Crippen molar-refractivity contribution in [1.29, 1.82) is 0 Å². The molecule has 3 N–H and O–H groups in total. The van der Waals surface area contributed by atoms with Crippen molar-refractivity contribution >= 4 is 17.7 Å². The molecule has 0 spiro atoms. The van der Waals surface area contributed by atoms with E-state index < -0.39 is 28.9 Å². The number of ether oxygens (including phenoxy) is 1. The van der Waals surface area contributed by atoms with E-state index in [-0.39, 0.29) is 46.4 Å². The minimum Gasteiger partial charge on any atom is -0.481 e. The van der Waals surface area contributed by atoms with Crippen LogP contribution in [0, 0.1) is 50.7 Å². The predicted molar refractivity (Wildman–Crippen MR) is 198 cm³/mol. The van der Waals surface area contributed by atoms with Crippen molar-refractivity contribution in [2.75, 3.05) is 6.54 Å². The Balaban J connectivity index is 1.38. The zero-order chi connectivity index (χ0) is 36.9. The Hall–Kier alpha value is -1.73. The molecule has 0 aromatic rings. The number of carbonyl (C=O) groups excluding carboxylic acids is 2. The smallest absolute Gasteiger partial charge is 0.309 e. The molecule has 8 unspecified atom stereocenters. The highest BCUT2D eigenvalue weighted by Crippen LogP contribution is 2.74. The van der Waals surface area contributed by atoms with Crippen molar-refractivity contribution in [3.63, 3.8) is 0 Å². The molecule has 5 rings (SSSR count). The summed E-state index contributed by atoms with van der Waals surface area (Å²) >= 11 is 0. The van der Waals surface area contributed by atoms with Crippen LogP contribution < -0.4 is 5.32 Å². The highest BCUT2D eigenvalue weighted by molar-refractivity contribution is 6.00. The molecule has 0 saturated heterocycles. The topological polar surface area (TPSA) is 113 Å². The van der Waals surface area contributed by atoms with Crippen LogP contribution in [0.3, 0.4) is 0 Å². The normalized spacial score (nSPS) is 36.2. The Bertz CT molecular complexity index is 1310. The summed E-state index contributed by atoms with van der Waals surface area (Å²) in [6, 6.07) is 0.474. The molecule has 0 aromatic carbocycles. The fourth-order valence-electron chi connectivity index (χ4n) is 12.3. The quantitative estimate of drug-likeness (QED) is 0.165. The van der Waals surface area contributed by atoms with Crippen LogP contribution in [0.2, 0.25) is 0 Å². The van der Waals surface area contributed by atoms with Crippen molar-refractivity contribution in [2.24, 2.45) is 50.7 Å². The highest BCUT2D eigenvalue weighted by Gasteiger charge is 2.67. The van der Waals surface area contributed by atoms with Crippen LogP contribution in [0.5, 0.6) is 0 Å². The molecule has 0 amide bonds. The lowest BCUT2D eigenvalue weighted by Crippen LogP contribution is -2.62. The largest absolute Gasteiger partial charge is 0.481 e. The van der Waals surface area contributed by atoms with Crippen molar-refractivity contribution in [2.45, 2.75) is 183 Å². The van der Waals surface area contributed by atoms with E-state index in [0.29, 0.717) is 30.8 Å². The van der Waals surface area contributed by atoms with Gasteiger partial charge in [0, 0.05) is 24.4 Å². The number of rotatable bonds is 13. The number of hydrogen-bond donors (Lipinski definition) is 3. The molecule has 4 saturated carbocycles. The number of aliphatic carboxylic acids is 1. The summed E-state index contributed by atoms with van der Waals surface area (Å²) < 4.78 is 6.02. The van der Waals surface area contributed by atoms with Gasteiger partial charge in [0.25, 0.3) is 0 Å². The van der Waals surface area contributed by atoms with E-state index in [9.17, 15) is 24.6 Å². The minimum absolute atomic E-state index is 0.0318. The molecule has 0 heterocycles. The SMILES string of the molecule is CC(C)C1=C2C3CCC4C(C)(CCC(OC(=O)CC(C)(C)C(=O)O)C(C)C)CCCC4(C)C3(C)CCC2(C(O)CNC2CCCCC2)CC1=O. The summed E-state index contributed by atoms with van der Waals surface area (Å²) in [7, 11) is 0. The van der Waals surface area contributed by atoms with Gasteiger partial charge in [-0.2, -0.15) is 0 Å².